The predicted molar refractivity (Wildman–Crippen MR) is 128 cm³/mol. The number of aromatic nitrogens is 1. The standard InChI is InChI=1S/C25H27Cl2N3O2/c1-17-23(29-25(32-17)19-6-10-22(27)11-7-19)16-30-14-2-3-20(15-30)24(31)28-13-12-18-4-8-21(26)9-5-18/h4-11,20H,2-3,12-16H2,1H3,(H,28,31)/t20-/m0/s1. The van der Waals surface area contributed by atoms with Crippen LogP contribution in [0.2, 0.25) is 10.0 Å². The van der Waals surface area contributed by atoms with Crippen LogP contribution in [-0.2, 0) is 17.8 Å². The van der Waals surface area contributed by atoms with Crippen molar-refractivity contribution in [2.45, 2.75) is 32.7 Å². The summed E-state index contributed by atoms with van der Waals surface area (Å²) < 4.78 is 5.89. The SMILES string of the molecule is Cc1oc(-c2ccc(Cl)cc2)nc1CN1CCC[C@H](C(=O)NCCc2ccc(Cl)cc2)C1. The minimum absolute atomic E-state index is 0.00286. The Kier molecular flexibility index (Phi) is 7.51. The number of halogens is 2. The third-order valence-corrected chi connectivity index (χ3v) is 6.36. The van der Waals surface area contributed by atoms with Crippen LogP contribution in [0.4, 0.5) is 0 Å². The number of likely N-dealkylation sites (tertiary alicyclic amines) is 1. The van der Waals surface area contributed by atoms with Gasteiger partial charge in [-0.1, -0.05) is 35.3 Å². The molecule has 1 aliphatic rings. The molecule has 0 bridgehead atoms. The maximum absolute atomic E-state index is 12.7. The maximum Gasteiger partial charge on any atom is 0.226 e. The van der Waals surface area contributed by atoms with Gasteiger partial charge in [-0.25, -0.2) is 4.98 Å². The Balaban J connectivity index is 1.30. The molecule has 1 aromatic heterocycles. The van der Waals surface area contributed by atoms with Crippen molar-refractivity contribution < 1.29 is 9.21 Å². The summed E-state index contributed by atoms with van der Waals surface area (Å²) in [6.07, 6.45) is 2.71. The van der Waals surface area contributed by atoms with Gasteiger partial charge in [-0.05, 0) is 74.7 Å². The van der Waals surface area contributed by atoms with E-state index in [0.717, 1.165) is 60.0 Å². The molecule has 0 radical (unpaired) electrons. The molecule has 168 valence electrons. The lowest BCUT2D eigenvalue weighted by Gasteiger charge is -2.31. The molecule has 4 rings (SSSR count). The summed E-state index contributed by atoms with van der Waals surface area (Å²) in [6.45, 7) is 4.93. The Bertz CT molecular complexity index is 1050. The van der Waals surface area contributed by atoms with Crippen molar-refractivity contribution in [3.8, 4) is 11.5 Å². The molecule has 2 aromatic carbocycles. The Morgan fingerprint density at radius 3 is 2.53 bits per heavy atom. The number of hydrogen-bond donors (Lipinski definition) is 1. The summed E-state index contributed by atoms with van der Waals surface area (Å²) in [7, 11) is 0. The average Bonchev–Trinajstić information content (AvgIpc) is 3.16. The van der Waals surface area contributed by atoms with E-state index >= 15 is 0 Å². The van der Waals surface area contributed by atoms with Crippen molar-refractivity contribution in [1.29, 1.82) is 0 Å². The van der Waals surface area contributed by atoms with E-state index in [1.54, 1.807) is 0 Å². The first-order valence-electron chi connectivity index (χ1n) is 10.9. The topological polar surface area (TPSA) is 58.4 Å². The Labute approximate surface area is 198 Å². The molecule has 3 aromatic rings. The number of rotatable bonds is 7. The van der Waals surface area contributed by atoms with Crippen molar-refractivity contribution in [1.82, 2.24) is 15.2 Å². The zero-order chi connectivity index (χ0) is 22.5. The number of carbonyl (C=O) groups is 1. The molecule has 2 heterocycles. The van der Waals surface area contributed by atoms with Crippen LogP contribution in [0.1, 0.15) is 29.9 Å². The fraction of sp³-hybridized carbons (Fsp3) is 0.360. The van der Waals surface area contributed by atoms with Gasteiger partial charge in [-0.2, -0.15) is 0 Å². The van der Waals surface area contributed by atoms with E-state index in [1.807, 2.05) is 55.5 Å². The molecular formula is C25H27Cl2N3O2. The van der Waals surface area contributed by atoms with Gasteiger partial charge >= 0.3 is 0 Å². The van der Waals surface area contributed by atoms with Gasteiger partial charge in [0.15, 0.2) is 0 Å². The first-order chi connectivity index (χ1) is 15.5. The lowest BCUT2D eigenvalue weighted by Crippen LogP contribution is -2.43. The van der Waals surface area contributed by atoms with Gasteiger partial charge in [-0.3, -0.25) is 9.69 Å². The van der Waals surface area contributed by atoms with Gasteiger partial charge in [0.2, 0.25) is 11.8 Å². The van der Waals surface area contributed by atoms with E-state index in [0.29, 0.717) is 24.0 Å². The molecule has 1 N–H and O–H groups in total. The molecule has 1 amide bonds. The number of nitrogens with one attached hydrogen (secondary N) is 1. The summed E-state index contributed by atoms with van der Waals surface area (Å²) in [5.41, 5.74) is 2.98. The highest BCUT2D eigenvalue weighted by molar-refractivity contribution is 6.30. The van der Waals surface area contributed by atoms with Gasteiger partial charge < -0.3 is 9.73 Å². The number of aryl methyl sites for hydroxylation is 1. The first kappa shape index (κ1) is 22.8. The van der Waals surface area contributed by atoms with Crippen LogP contribution in [0.15, 0.2) is 52.9 Å². The summed E-state index contributed by atoms with van der Waals surface area (Å²) in [5, 5.41) is 4.51. The van der Waals surface area contributed by atoms with Crippen LogP contribution in [0.5, 0.6) is 0 Å². The van der Waals surface area contributed by atoms with Crippen LogP contribution >= 0.6 is 23.2 Å². The molecule has 32 heavy (non-hydrogen) atoms. The monoisotopic (exact) mass is 471 g/mol. The first-order valence-corrected chi connectivity index (χ1v) is 11.7. The number of piperidine rings is 1. The minimum atomic E-state index is -0.00286. The number of amides is 1. The van der Waals surface area contributed by atoms with Crippen LogP contribution in [0.3, 0.4) is 0 Å². The summed E-state index contributed by atoms with van der Waals surface area (Å²) in [4.78, 5) is 19.7. The van der Waals surface area contributed by atoms with E-state index in [-0.39, 0.29) is 11.8 Å². The van der Waals surface area contributed by atoms with Gasteiger partial charge in [0.1, 0.15) is 5.76 Å². The molecule has 1 atom stereocenters. The highest BCUT2D eigenvalue weighted by Crippen LogP contribution is 2.25. The van der Waals surface area contributed by atoms with Crippen molar-refractivity contribution in [2.75, 3.05) is 19.6 Å². The molecule has 5 nitrogen and oxygen atoms in total. The van der Waals surface area contributed by atoms with E-state index in [9.17, 15) is 4.79 Å². The highest BCUT2D eigenvalue weighted by atomic mass is 35.5. The third kappa shape index (κ3) is 5.91. The largest absolute Gasteiger partial charge is 0.441 e. The second-order valence-electron chi connectivity index (χ2n) is 8.27. The molecular weight excluding hydrogens is 445 g/mol. The molecule has 1 fully saturated rings. The summed E-state index contributed by atoms with van der Waals surface area (Å²) >= 11 is 11.9. The van der Waals surface area contributed by atoms with Crippen LogP contribution in [0, 0.1) is 12.8 Å². The molecule has 0 spiro atoms. The zero-order valence-corrected chi connectivity index (χ0v) is 19.6. The van der Waals surface area contributed by atoms with Gasteiger partial charge in [-0.15, -0.1) is 0 Å². The van der Waals surface area contributed by atoms with Gasteiger partial charge in [0.25, 0.3) is 0 Å². The van der Waals surface area contributed by atoms with E-state index in [1.165, 1.54) is 0 Å². The normalized spacial score (nSPS) is 16.8. The van der Waals surface area contributed by atoms with Gasteiger partial charge in [0, 0.05) is 35.2 Å². The number of benzene rings is 2. The minimum Gasteiger partial charge on any atom is -0.441 e. The number of carbonyl (C=O) groups excluding carboxylic acids is 1. The summed E-state index contributed by atoms with van der Waals surface area (Å²) in [6, 6.07) is 15.2. The lowest BCUT2D eigenvalue weighted by atomic mass is 9.97. The Hall–Kier alpha value is -2.34. The number of oxazole rings is 1. The van der Waals surface area contributed by atoms with Gasteiger partial charge in [0.05, 0.1) is 11.6 Å². The molecule has 7 heteroatoms. The molecule has 1 saturated heterocycles. The van der Waals surface area contributed by atoms with Crippen LogP contribution < -0.4 is 5.32 Å². The second kappa shape index (κ2) is 10.5. The number of hydrogen-bond acceptors (Lipinski definition) is 4. The fourth-order valence-corrected chi connectivity index (χ4v) is 4.29. The van der Waals surface area contributed by atoms with Crippen LogP contribution in [0.25, 0.3) is 11.5 Å². The Morgan fingerprint density at radius 2 is 1.81 bits per heavy atom. The molecule has 0 saturated carbocycles. The van der Waals surface area contributed by atoms with Crippen molar-refractivity contribution >= 4 is 29.1 Å². The molecule has 1 aliphatic heterocycles. The van der Waals surface area contributed by atoms with Crippen molar-refractivity contribution in [2.24, 2.45) is 5.92 Å². The molecule has 0 unspecified atom stereocenters. The van der Waals surface area contributed by atoms with Crippen LogP contribution in [-0.4, -0.2) is 35.4 Å². The third-order valence-electron chi connectivity index (χ3n) is 5.86. The summed E-state index contributed by atoms with van der Waals surface area (Å²) in [5.74, 6) is 1.53. The fourth-order valence-electron chi connectivity index (χ4n) is 4.04. The van der Waals surface area contributed by atoms with E-state index < -0.39 is 0 Å². The zero-order valence-electron chi connectivity index (χ0n) is 18.1. The quantitative estimate of drug-likeness (QED) is 0.492. The average molecular weight is 472 g/mol. The lowest BCUT2D eigenvalue weighted by molar-refractivity contribution is -0.126. The van der Waals surface area contributed by atoms with E-state index in [4.69, 9.17) is 32.6 Å². The van der Waals surface area contributed by atoms with Crippen molar-refractivity contribution in [3.05, 3.63) is 75.6 Å². The molecule has 0 aliphatic carbocycles. The second-order valence-corrected chi connectivity index (χ2v) is 9.14. The van der Waals surface area contributed by atoms with E-state index in [2.05, 4.69) is 10.2 Å². The smallest absolute Gasteiger partial charge is 0.226 e. The maximum atomic E-state index is 12.7. The Morgan fingerprint density at radius 1 is 1.12 bits per heavy atom. The number of nitrogens with zero attached hydrogens (tertiary/aromatic N) is 2. The van der Waals surface area contributed by atoms with Crippen molar-refractivity contribution in [3.63, 3.8) is 0 Å². The highest BCUT2D eigenvalue weighted by Gasteiger charge is 2.26. The predicted octanol–water partition coefficient (Wildman–Crippen LogP) is 5.53.